The summed E-state index contributed by atoms with van der Waals surface area (Å²) in [5.41, 5.74) is 2.21. The van der Waals surface area contributed by atoms with Gasteiger partial charge in [0.2, 0.25) is 5.91 Å². The Hall–Kier alpha value is -1.39. The Bertz CT molecular complexity index is 637. The molecule has 2 rings (SSSR count). The lowest BCUT2D eigenvalue weighted by Crippen LogP contribution is -2.48. The molecule has 1 aromatic carbocycles. The third-order valence-electron chi connectivity index (χ3n) is 4.23. The number of ether oxygens (including phenoxy) is 1. The molecule has 0 aliphatic carbocycles. The van der Waals surface area contributed by atoms with Crippen LogP contribution in [-0.2, 0) is 22.6 Å². The monoisotopic (exact) mass is 517 g/mol. The van der Waals surface area contributed by atoms with E-state index in [1.165, 1.54) is 5.56 Å². The van der Waals surface area contributed by atoms with Crippen LogP contribution in [0.1, 0.15) is 38.8 Å². The van der Waals surface area contributed by atoms with Gasteiger partial charge in [-0.2, -0.15) is 0 Å². The second kappa shape index (κ2) is 13.0. The Labute approximate surface area is 192 Å². The molecule has 0 radical (unpaired) electrons. The van der Waals surface area contributed by atoms with Gasteiger partial charge in [-0.05, 0) is 38.8 Å². The van der Waals surface area contributed by atoms with E-state index in [1.807, 2.05) is 27.7 Å². The minimum absolute atomic E-state index is 0. The lowest BCUT2D eigenvalue weighted by atomic mass is 10.1. The molecule has 0 spiro atoms. The van der Waals surface area contributed by atoms with Crippen LogP contribution < -0.4 is 16.0 Å². The molecule has 7 nitrogen and oxygen atoms in total. The van der Waals surface area contributed by atoms with E-state index in [0.29, 0.717) is 12.5 Å². The number of carbonyl (C=O) groups excluding carboxylic acids is 1. The Kier molecular flexibility index (Phi) is 11.5. The Balaban J connectivity index is 0.00000420. The van der Waals surface area contributed by atoms with Crippen LogP contribution in [0.2, 0.25) is 0 Å². The van der Waals surface area contributed by atoms with Gasteiger partial charge in [0, 0.05) is 31.7 Å². The second-order valence-corrected chi connectivity index (χ2v) is 8.05. The highest BCUT2D eigenvalue weighted by Crippen LogP contribution is 2.10. The molecule has 0 aromatic heterocycles. The zero-order chi connectivity index (χ0) is 20.4. The predicted molar refractivity (Wildman–Crippen MR) is 129 cm³/mol. The zero-order valence-electron chi connectivity index (χ0n) is 18.1. The minimum Gasteiger partial charge on any atom is -0.379 e. The van der Waals surface area contributed by atoms with Crippen LogP contribution in [0.3, 0.4) is 0 Å². The summed E-state index contributed by atoms with van der Waals surface area (Å²) in [5, 5.41) is 9.20. The number of nitrogens with zero attached hydrogens (tertiary/aromatic N) is 2. The van der Waals surface area contributed by atoms with Crippen molar-refractivity contribution < 1.29 is 9.53 Å². The topological polar surface area (TPSA) is 78.0 Å². The van der Waals surface area contributed by atoms with Crippen LogP contribution >= 0.6 is 24.0 Å². The first-order valence-electron chi connectivity index (χ1n) is 10.1. The third-order valence-corrected chi connectivity index (χ3v) is 4.23. The van der Waals surface area contributed by atoms with Gasteiger partial charge in [-0.25, -0.2) is 4.99 Å². The number of benzene rings is 1. The number of guanidine groups is 1. The number of rotatable bonds is 7. The Morgan fingerprint density at radius 2 is 1.72 bits per heavy atom. The Morgan fingerprint density at radius 1 is 1.10 bits per heavy atom. The summed E-state index contributed by atoms with van der Waals surface area (Å²) in [6, 6.07) is 8.57. The maximum atomic E-state index is 12.0. The largest absolute Gasteiger partial charge is 0.379 e. The van der Waals surface area contributed by atoms with E-state index >= 15 is 0 Å². The summed E-state index contributed by atoms with van der Waals surface area (Å²) in [4.78, 5) is 19.0. The molecule has 164 valence electrons. The van der Waals surface area contributed by atoms with Crippen molar-refractivity contribution in [1.82, 2.24) is 20.9 Å². The molecular formula is C21H36IN5O2. The van der Waals surface area contributed by atoms with E-state index in [9.17, 15) is 4.79 Å². The molecule has 0 bridgehead atoms. The highest BCUT2D eigenvalue weighted by atomic mass is 127. The second-order valence-electron chi connectivity index (χ2n) is 8.05. The van der Waals surface area contributed by atoms with Crippen LogP contribution in [-0.4, -0.2) is 61.7 Å². The smallest absolute Gasteiger partial charge is 0.239 e. The number of hydrogen-bond acceptors (Lipinski definition) is 4. The van der Waals surface area contributed by atoms with Crippen molar-refractivity contribution in [2.45, 2.75) is 46.3 Å². The number of hydrogen-bond donors (Lipinski definition) is 3. The summed E-state index contributed by atoms with van der Waals surface area (Å²) < 4.78 is 5.40. The van der Waals surface area contributed by atoms with Crippen LogP contribution in [0.15, 0.2) is 29.3 Å². The average molecular weight is 517 g/mol. The van der Waals surface area contributed by atoms with Crippen molar-refractivity contribution >= 4 is 35.8 Å². The summed E-state index contributed by atoms with van der Waals surface area (Å²) in [6.45, 7) is 14.0. The van der Waals surface area contributed by atoms with E-state index < -0.39 is 0 Å². The molecule has 1 saturated heterocycles. The molecule has 1 amide bonds. The fourth-order valence-corrected chi connectivity index (χ4v) is 2.91. The first-order chi connectivity index (χ1) is 13.4. The van der Waals surface area contributed by atoms with Crippen LogP contribution in [0.25, 0.3) is 0 Å². The molecule has 1 aliphatic heterocycles. The molecule has 0 saturated carbocycles. The fourth-order valence-electron chi connectivity index (χ4n) is 2.91. The van der Waals surface area contributed by atoms with Gasteiger partial charge in [-0.15, -0.1) is 24.0 Å². The van der Waals surface area contributed by atoms with Crippen LogP contribution in [0.5, 0.6) is 0 Å². The number of aliphatic imine (C=N–C) groups is 1. The number of morpholine rings is 1. The van der Waals surface area contributed by atoms with Gasteiger partial charge in [0.1, 0.15) is 0 Å². The molecule has 1 fully saturated rings. The third kappa shape index (κ3) is 10.8. The summed E-state index contributed by atoms with van der Waals surface area (Å²) in [7, 11) is 0. The molecular weight excluding hydrogens is 481 g/mol. The zero-order valence-corrected chi connectivity index (χ0v) is 20.4. The van der Waals surface area contributed by atoms with Gasteiger partial charge in [-0.1, -0.05) is 24.3 Å². The van der Waals surface area contributed by atoms with Gasteiger partial charge in [-0.3, -0.25) is 9.69 Å². The van der Waals surface area contributed by atoms with Crippen molar-refractivity contribution in [3.63, 3.8) is 0 Å². The normalized spacial score (nSPS) is 15.4. The number of halogens is 1. The molecule has 1 heterocycles. The van der Waals surface area contributed by atoms with Gasteiger partial charge >= 0.3 is 0 Å². The molecule has 1 aromatic rings. The van der Waals surface area contributed by atoms with Crippen LogP contribution in [0.4, 0.5) is 0 Å². The number of nitrogens with one attached hydrogen (secondary N) is 3. The molecule has 8 heteroatoms. The highest BCUT2D eigenvalue weighted by molar-refractivity contribution is 14.0. The lowest BCUT2D eigenvalue weighted by Gasteiger charge is -2.26. The van der Waals surface area contributed by atoms with Crippen molar-refractivity contribution in [3.8, 4) is 0 Å². The molecule has 0 atom stereocenters. The minimum atomic E-state index is -0.239. The van der Waals surface area contributed by atoms with E-state index in [2.05, 4.69) is 50.1 Å². The summed E-state index contributed by atoms with van der Waals surface area (Å²) >= 11 is 0. The van der Waals surface area contributed by atoms with Crippen molar-refractivity contribution in [2.75, 3.05) is 39.4 Å². The molecule has 3 N–H and O–H groups in total. The first kappa shape index (κ1) is 25.6. The van der Waals surface area contributed by atoms with E-state index in [0.717, 1.165) is 45.0 Å². The van der Waals surface area contributed by atoms with E-state index in [1.54, 1.807) is 0 Å². The maximum Gasteiger partial charge on any atom is 0.239 e. The van der Waals surface area contributed by atoms with Gasteiger partial charge in [0.15, 0.2) is 5.96 Å². The fraction of sp³-hybridized carbons (Fsp3) is 0.619. The van der Waals surface area contributed by atoms with Gasteiger partial charge in [0.25, 0.3) is 0 Å². The quantitative estimate of drug-likeness (QED) is 0.294. The molecule has 0 unspecified atom stereocenters. The highest BCUT2D eigenvalue weighted by Gasteiger charge is 2.14. The van der Waals surface area contributed by atoms with Crippen molar-refractivity contribution in [1.29, 1.82) is 0 Å². The summed E-state index contributed by atoms with van der Waals surface area (Å²) in [5.74, 6) is 0.592. The van der Waals surface area contributed by atoms with Gasteiger partial charge in [0.05, 0.1) is 26.3 Å². The Morgan fingerprint density at radius 3 is 2.31 bits per heavy atom. The van der Waals surface area contributed by atoms with Gasteiger partial charge < -0.3 is 20.7 Å². The standard InChI is InChI=1S/C21H35N5O2.HI/c1-5-22-20(24-15-19(27)25-21(2,3)4)23-14-17-6-8-18(9-7-17)16-26-10-12-28-13-11-26;/h6-9H,5,10-16H2,1-4H3,(H,25,27)(H2,22,23,24);1H. The predicted octanol–water partition coefficient (Wildman–Crippen LogP) is 2.11. The lowest BCUT2D eigenvalue weighted by molar-refractivity contribution is -0.121. The SMILES string of the molecule is CCNC(=NCc1ccc(CN2CCOCC2)cc1)NCC(=O)NC(C)(C)C.I. The summed E-state index contributed by atoms with van der Waals surface area (Å²) in [6.07, 6.45) is 0. The maximum absolute atomic E-state index is 12.0. The van der Waals surface area contributed by atoms with E-state index in [4.69, 9.17) is 4.74 Å². The first-order valence-corrected chi connectivity index (χ1v) is 10.1. The number of carbonyl (C=O) groups is 1. The molecule has 29 heavy (non-hydrogen) atoms. The number of amides is 1. The average Bonchev–Trinajstić information content (AvgIpc) is 2.65. The van der Waals surface area contributed by atoms with Crippen LogP contribution in [0, 0.1) is 0 Å². The van der Waals surface area contributed by atoms with Crippen molar-refractivity contribution in [2.24, 2.45) is 4.99 Å². The van der Waals surface area contributed by atoms with E-state index in [-0.39, 0.29) is 42.0 Å². The molecule has 1 aliphatic rings. The van der Waals surface area contributed by atoms with Crippen molar-refractivity contribution in [3.05, 3.63) is 35.4 Å².